The van der Waals surface area contributed by atoms with Crippen molar-refractivity contribution in [3.63, 3.8) is 0 Å². The van der Waals surface area contributed by atoms with Gasteiger partial charge >= 0.3 is 0 Å². The van der Waals surface area contributed by atoms with Crippen molar-refractivity contribution < 1.29 is 12.8 Å². The number of sulfone groups is 1. The average Bonchev–Trinajstić information content (AvgIpc) is 2.89. The second-order valence-corrected chi connectivity index (χ2v) is 8.63. The van der Waals surface area contributed by atoms with E-state index in [9.17, 15) is 8.42 Å². The minimum Gasteiger partial charge on any atom is -0.464 e. The van der Waals surface area contributed by atoms with Crippen LogP contribution < -0.4 is 0 Å². The van der Waals surface area contributed by atoms with Gasteiger partial charge in [-0.2, -0.15) is 0 Å². The van der Waals surface area contributed by atoms with Crippen LogP contribution in [-0.4, -0.2) is 37.9 Å². The van der Waals surface area contributed by atoms with E-state index < -0.39 is 9.84 Å². The van der Waals surface area contributed by atoms with E-state index in [-0.39, 0.29) is 5.41 Å². The summed E-state index contributed by atoms with van der Waals surface area (Å²) in [5, 5.41) is 1.14. The van der Waals surface area contributed by atoms with Crippen LogP contribution in [0.2, 0.25) is 0 Å². The van der Waals surface area contributed by atoms with Crippen LogP contribution in [0.15, 0.2) is 34.9 Å². The number of para-hydroxylation sites is 1. The quantitative estimate of drug-likeness (QED) is 0.855. The summed E-state index contributed by atoms with van der Waals surface area (Å²) in [4.78, 5) is 2.41. The maximum absolute atomic E-state index is 11.4. The molecule has 4 rings (SSSR count). The fourth-order valence-electron chi connectivity index (χ4n) is 3.79. The molecule has 0 bridgehead atoms. The normalized spacial score (nSPS) is 24.2. The number of nitrogens with zero attached hydrogens (tertiary/aromatic N) is 1. The molecule has 1 aromatic heterocycles. The van der Waals surface area contributed by atoms with Crippen molar-refractivity contribution in [1.82, 2.24) is 4.90 Å². The van der Waals surface area contributed by atoms with Gasteiger partial charge in [0.15, 0.2) is 9.84 Å². The molecule has 2 saturated heterocycles. The Bertz CT molecular complexity index is 756. The summed E-state index contributed by atoms with van der Waals surface area (Å²) >= 11 is 0. The molecule has 0 saturated carbocycles. The zero-order valence-corrected chi connectivity index (χ0v) is 12.7. The third kappa shape index (κ3) is 2.38. The summed E-state index contributed by atoms with van der Waals surface area (Å²) in [7, 11) is -2.72. The van der Waals surface area contributed by atoms with Gasteiger partial charge in [-0.1, -0.05) is 18.2 Å². The lowest BCUT2D eigenvalue weighted by Gasteiger charge is -2.47. The van der Waals surface area contributed by atoms with Crippen LogP contribution in [0.5, 0.6) is 0 Å². The van der Waals surface area contributed by atoms with Crippen LogP contribution in [0.1, 0.15) is 18.4 Å². The Morgan fingerprint density at radius 1 is 1.14 bits per heavy atom. The highest BCUT2D eigenvalue weighted by Gasteiger charge is 2.49. The van der Waals surface area contributed by atoms with E-state index in [0.29, 0.717) is 11.5 Å². The Kier molecular flexibility index (Phi) is 2.91. The van der Waals surface area contributed by atoms with Crippen LogP contribution in [0, 0.1) is 5.41 Å². The van der Waals surface area contributed by atoms with Gasteiger partial charge in [0, 0.05) is 22.9 Å². The van der Waals surface area contributed by atoms with Gasteiger partial charge in [-0.25, -0.2) is 8.42 Å². The molecule has 112 valence electrons. The third-order valence-corrected chi connectivity index (χ3v) is 7.03. The second-order valence-electron chi connectivity index (χ2n) is 6.56. The van der Waals surface area contributed by atoms with Crippen LogP contribution in [-0.2, 0) is 16.4 Å². The van der Waals surface area contributed by atoms with Gasteiger partial charge in [0.25, 0.3) is 0 Å². The van der Waals surface area contributed by atoms with Gasteiger partial charge in [0.05, 0.1) is 17.8 Å². The predicted octanol–water partition coefficient (Wildman–Crippen LogP) is 2.44. The van der Waals surface area contributed by atoms with Crippen molar-refractivity contribution in [3.05, 3.63) is 36.1 Å². The van der Waals surface area contributed by atoms with Crippen molar-refractivity contribution in [1.29, 1.82) is 0 Å². The van der Waals surface area contributed by atoms with Crippen molar-refractivity contribution in [2.45, 2.75) is 19.4 Å². The SMILES string of the molecule is O=S1(=O)CC2(CCN(Cc3cccc4ccoc34)CC2)C1. The first-order valence-electron chi connectivity index (χ1n) is 7.43. The van der Waals surface area contributed by atoms with Crippen LogP contribution in [0.25, 0.3) is 11.0 Å². The third-order valence-electron chi connectivity index (χ3n) is 4.92. The Morgan fingerprint density at radius 2 is 1.90 bits per heavy atom. The molecule has 0 aliphatic carbocycles. The number of likely N-dealkylation sites (tertiary alicyclic amines) is 1. The molecule has 2 aliphatic rings. The molecule has 5 heteroatoms. The lowest BCUT2D eigenvalue weighted by Crippen LogP contribution is -2.54. The second kappa shape index (κ2) is 4.58. The smallest absolute Gasteiger partial charge is 0.151 e. The van der Waals surface area contributed by atoms with E-state index in [1.54, 1.807) is 6.26 Å². The van der Waals surface area contributed by atoms with Crippen LogP contribution >= 0.6 is 0 Å². The fourth-order valence-corrected chi connectivity index (χ4v) is 6.14. The number of rotatable bonds is 2. The Morgan fingerprint density at radius 3 is 2.62 bits per heavy atom. The number of fused-ring (bicyclic) bond motifs is 1. The number of piperidine rings is 1. The van der Waals surface area contributed by atoms with Crippen molar-refractivity contribution in [3.8, 4) is 0 Å². The molecule has 1 spiro atoms. The lowest BCUT2D eigenvalue weighted by atomic mass is 9.81. The van der Waals surface area contributed by atoms with Gasteiger partial charge in [-0.3, -0.25) is 4.90 Å². The molecule has 0 atom stereocenters. The maximum atomic E-state index is 11.4. The summed E-state index contributed by atoms with van der Waals surface area (Å²) in [6, 6.07) is 8.23. The minimum absolute atomic E-state index is 0.0893. The topological polar surface area (TPSA) is 50.5 Å². The lowest BCUT2D eigenvalue weighted by molar-refractivity contribution is 0.120. The van der Waals surface area contributed by atoms with E-state index in [1.807, 2.05) is 6.07 Å². The molecule has 1 aromatic carbocycles. The fraction of sp³-hybridized carbons (Fsp3) is 0.500. The summed E-state index contributed by atoms with van der Waals surface area (Å²) in [6.45, 7) is 2.84. The molecule has 4 nitrogen and oxygen atoms in total. The highest BCUT2D eigenvalue weighted by atomic mass is 32.2. The Hall–Kier alpha value is -1.33. The monoisotopic (exact) mass is 305 g/mol. The molecule has 2 aliphatic heterocycles. The number of benzene rings is 1. The number of hydrogen-bond acceptors (Lipinski definition) is 4. The molecular weight excluding hydrogens is 286 g/mol. The molecule has 21 heavy (non-hydrogen) atoms. The summed E-state index contributed by atoms with van der Waals surface area (Å²) in [6.07, 6.45) is 3.74. The first kappa shape index (κ1) is 13.3. The standard InChI is InChI=1S/C16H19NO3S/c18-21(19)11-16(12-21)5-7-17(8-6-16)10-14-3-1-2-13-4-9-20-15(13)14/h1-4,9H,5-8,10-12H2. The van der Waals surface area contributed by atoms with Crippen LogP contribution in [0.3, 0.4) is 0 Å². The summed E-state index contributed by atoms with van der Waals surface area (Å²) in [5.41, 5.74) is 2.28. The van der Waals surface area contributed by atoms with E-state index in [0.717, 1.165) is 43.4 Å². The van der Waals surface area contributed by atoms with Crippen molar-refractivity contribution in [2.75, 3.05) is 24.6 Å². The first-order chi connectivity index (χ1) is 10.1. The van der Waals surface area contributed by atoms with Gasteiger partial charge in [0.1, 0.15) is 5.58 Å². The predicted molar refractivity (Wildman–Crippen MR) is 81.8 cm³/mol. The molecule has 3 heterocycles. The average molecular weight is 305 g/mol. The van der Waals surface area contributed by atoms with Crippen molar-refractivity contribution in [2.24, 2.45) is 5.41 Å². The Balaban J connectivity index is 1.45. The van der Waals surface area contributed by atoms with E-state index >= 15 is 0 Å². The van der Waals surface area contributed by atoms with Gasteiger partial charge in [-0.15, -0.1) is 0 Å². The molecule has 0 radical (unpaired) electrons. The van der Waals surface area contributed by atoms with E-state index in [2.05, 4.69) is 23.1 Å². The first-order valence-corrected chi connectivity index (χ1v) is 9.25. The maximum Gasteiger partial charge on any atom is 0.151 e. The van der Waals surface area contributed by atoms with Gasteiger partial charge < -0.3 is 4.42 Å². The highest BCUT2D eigenvalue weighted by Crippen LogP contribution is 2.42. The Labute approximate surface area is 124 Å². The van der Waals surface area contributed by atoms with Crippen molar-refractivity contribution >= 4 is 20.8 Å². The van der Waals surface area contributed by atoms with Gasteiger partial charge in [0.2, 0.25) is 0 Å². The molecule has 2 fully saturated rings. The number of furan rings is 1. The largest absolute Gasteiger partial charge is 0.464 e. The summed E-state index contributed by atoms with van der Waals surface area (Å²) in [5.74, 6) is 0.809. The van der Waals surface area contributed by atoms with Gasteiger partial charge in [-0.05, 0) is 32.0 Å². The zero-order chi connectivity index (χ0) is 14.5. The minimum atomic E-state index is -2.72. The molecule has 0 N–H and O–H groups in total. The zero-order valence-electron chi connectivity index (χ0n) is 11.9. The summed E-state index contributed by atoms with van der Waals surface area (Å²) < 4.78 is 28.4. The van der Waals surface area contributed by atoms with E-state index in [4.69, 9.17) is 4.42 Å². The molecule has 0 amide bonds. The van der Waals surface area contributed by atoms with E-state index in [1.165, 1.54) is 5.56 Å². The van der Waals surface area contributed by atoms with Crippen LogP contribution in [0.4, 0.5) is 0 Å². The number of hydrogen-bond donors (Lipinski definition) is 0. The highest BCUT2D eigenvalue weighted by molar-refractivity contribution is 7.92. The molecular formula is C16H19NO3S. The molecule has 2 aromatic rings. The molecule has 0 unspecified atom stereocenters.